The van der Waals surface area contributed by atoms with Crippen LogP contribution in [0.5, 0.6) is 5.75 Å². The van der Waals surface area contributed by atoms with Gasteiger partial charge in [-0.1, -0.05) is 0 Å². The molecule has 100 valence electrons. The lowest BCUT2D eigenvalue weighted by Crippen LogP contribution is -2.14. The van der Waals surface area contributed by atoms with E-state index in [0.717, 1.165) is 21.8 Å². The van der Waals surface area contributed by atoms with Gasteiger partial charge in [-0.05, 0) is 30.3 Å². The van der Waals surface area contributed by atoms with Crippen molar-refractivity contribution in [2.24, 2.45) is 0 Å². The van der Waals surface area contributed by atoms with Crippen molar-refractivity contribution in [1.82, 2.24) is 4.57 Å². The van der Waals surface area contributed by atoms with Crippen molar-refractivity contribution in [2.75, 3.05) is 7.11 Å². The van der Waals surface area contributed by atoms with Gasteiger partial charge in [-0.2, -0.15) is 0 Å². The van der Waals surface area contributed by atoms with Crippen LogP contribution in [0.25, 0.3) is 21.8 Å². The maximum Gasteiger partial charge on any atom is 0.166 e. The number of fused-ring (bicyclic) bond motifs is 3. The number of benzene rings is 2. The second kappa shape index (κ2) is 3.82. The number of carbonyl (C=O) groups is 1. The van der Waals surface area contributed by atoms with Crippen molar-refractivity contribution in [2.45, 2.75) is 13.0 Å². The van der Waals surface area contributed by atoms with E-state index in [1.807, 2.05) is 6.07 Å². The molecule has 0 N–H and O–H groups in total. The lowest BCUT2D eigenvalue weighted by Gasteiger charge is -2.16. The third kappa shape index (κ3) is 1.36. The minimum atomic E-state index is -0.272. The number of methoxy groups -OCH3 is 1. The van der Waals surface area contributed by atoms with E-state index < -0.39 is 0 Å². The number of aryl methyl sites for hydroxylation is 1. The Kier molecular flexibility index (Phi) is 2.19. The number of ketones is 1. The number of aromatic nitrogens is 1. The van der Waals surface area contributed by atoms with Crippen LogP contribution >= 0.6 is 0 Å². The second-order valence-electron chi connectivity index (χ2n) is 5.06. The van der Waals surface area contributed by atoms with Crippen molar-refractivity contribution in [1.29, 1.82) is 0 Å². The van der Waals surface area contributed by atoms with Crippen molar-refractivity contribution < 1.29 is 13.9 Å². The summed E-state index contributed by atoms with van der Waals surface area (Å²) in [5, 5.41) is 1.71. The zero-order chi connectivity index (χ0) is 13.9. The standard InChI is InChI=1S/C16H12FNO2/c1-20-10-7-12-11-6-9(17)2-3-14(11)18-5-4-15(19)13(8-10)16(12)18/h2-3,6-8H,4-5H2,1H3. The highest BCUT2D eigenvalue weighted by Gasteiger charge is 2.24. The number of halogens is 1. The molecule has 0 saturated heterocycles. The molecule has 3 aromatic rings. The van der Waals surface area contributed by atoms with E-state index in [9.17, 15) is 9.18 Å². The molecule has 3 nitrogen and oxygen atoms in total. The number of rotatable bonds is 1. The molecular formula is C16H12FNO2. The maximum atomic E-state index is 13.5. The minimum Gasteiger partial charge on any atom is -0.497 e. The van der Waals surface area contributed by atoms with Gasteiger partial charge >= 0.3 is 0 Å². The summed E-state index contributed by atoms with van der Waals surface area (Å²) < 4.78 is 20.9. The molecule has 0 spiro atoms. The van der Waals surface area contributed by atoms with Gasteiger partial charge in [-0.25, -0.2) is 4.39 Å². The van der Waals surface area contributed by atoms with E-state index in [-0.39, 0.29) is 11.6 Å². The smallest absolute Gasteiger partial charge is 0.166 e. The summed E-state index contributed by atoms with van der Waals surface area (Å²) in [7, 11) is 1.57. The van der Waals surface area contributed by atoms with Gasteiger partial charge in [0.1, 0.15) is 11.6 Å². The van der Waals surface area contributed by atoms with Crippen LogP contribution in [0.2, 0.25) is 0 Å². The first-order valence-electron chi connectivity index (χ1n) is 6.52. The first kappa shape index (κ1) is 11.5. The highest BCUT2D eigenvalue weighted by molar-refractivity contribution is 6.17. The minimum absolute atomic E-state index is 0.115. The monoisotopic (exact) mass is 269 g/mol. The number of nitrogens with zero attached hydrogens (tertiary/aromatic N) is 1. The summed E-state index contributed by atoms with van der Waals surface area (Å²) in [5.74, 6) is 0.474. The predicted octanol–water partition coefficient (Wildman–Crippen LogP) is 3.53. The normalized spacial score (nSPS) is 14.2. The Morgan fingerprint density at radius 3 is 2.85 bits per heavy atom. The molecule has 2 aromatic carbocycles. The lowest BCUT2D eigenvalue weighted by atomic mass is 10.0. The van der Waals surface area contributed by atoms with Crippen LogP contribution in [-0.4, -0.2) is 17.5 Å². The van der Waals surface area contributed by atoms with Crippen LogP contribution < -0.4 is 4.74 Å². The summed E-state index contributed by atoms with van der Waals surface area (Å²) >= 11 is 0. The molecule has 4 heteroatoms. The molecule has 1 aliphatic heterocycles. The van der Waals surface area contributed by atoms with Crippen LogP contribution in [0, 0.1) is 5.82 Å². The Bertz CT molecular complexity index is 879. The number of hydrogen-bond donors (Lipinski definition) is 0. The van der Waals surface area contributed by atoms with E-state index in [1.54, 1.807) is 19.2 Å². The Labute approximate surface area is 114 Å². The number of Topliss-reactive ketones (excluding diaryl/α,β-unsaturated/α-hetero) is 1. The Hall–Kier alpha value is -2.36. The average Bonchev–Trinajstić information content (AvgIpc) is 2.77. The number of carbonyl (C=O) groups excluding carboxylic acids is 1. The molecule has 0 bridgehead atoms. The van der Waals surface area contributed by atoms with Crippen molar-refractivity contribution in [3.05, 3.63) is 41.7 Å². The van der Waals surface area contributed by atoms with E-state index in [2.05, 4.69) is 4.57 Å². The summed E-state index contributed by atoms with van der Waals surface area (Å²) in [5.41, 5.74) is 2.52. The van der Waals surface area contributed by atoms with Gasteiger partial charge in [-0.15, -0.1) is 0 Å². The predicted molar refractivity (Wildman–Crippen MR) is 74.9 cm³/mol. The highest BCUT2D eigenvalue weighted by Crippen LogP contribution is 2.37. The number of ether oxygens (including phenoxy) is 1. The largest absolute Gasteiger partial charge is 0.497 e. The second-order valence-corrected chi connectivity index (χ2v) is 5.06. The fourth-order valence-electron chi connectivity index (χ4n) is 3.09. The van der Waals surface area contributed by atoms with Gasteiger partial charge in [0.15, 0.2) is 5.78 Å². The van der Waals surface area contributed by atoms with Crippen LogP contribution in [0.3, 0.4) is 0 Å². The van der Waals surface area contributed by atoms with Gasteiger partial charge < -0.3 is 9.30 Å². The Balaban J connectivity index is 2.27. The third-order valence-electron chi connectivity index (χ3n) is 3.99. The van der Waals surface area contributed by atoms with E-state index in [0.29, 0.717) is 24.3 Å². The van der Waals surface area contributed by atoms with Gasteiger partial charge in [0, 0.05) is 34.8 Å². The lowest BCUT2D eigenvalue weighted by molar-refractivity contribution is 0.0973. The van der Waals surface area contributed by atoms with Gasteiger partial charge in [0.2, 0.25) is 0 Å². The molecule has 1 aliphatic rings. The molecule has 2 heterocycles. The van der Waals surface area contributed by atoms with Crippen molar-refractivity contribution in [3.8, 4) is 5.75 Å². The first-order valence-corrected chi connectivity index (χ1v) is 6.52. The molecule has 0 radical (unpaired) electrons. The molecule has 0 amide bonds. The quantitative estimate of drug-likeness (QED) is 0.676. The molecule has 0 unspecified atom stereocenters. The van der Waals surface area contributed by atoms with E-state index in [1.165, 1.54) is 12.1 Å². The molecule has 0 atom stereocenters. The zero-order valence-corrected chi connectivity index (χ0v) is 10.9. The average molecular weight is 269 g/mol. The zero-order valence-electron chi connectivity index (χ0n) is 10.9. The molecule has 4 rings (SSSR count). The third-order valence-corrected chi connectivity index (χ3v) is 3.99. The van der Waals surface area contributed by atoms with Gasteiger partial charge in [0.25, 0.3) is 0 Å². The van der Waals surface area contributed by atoms with Gasteiger partial charge in [-0.3, -0.25) is 4.79 Å². The first-order chi connectivity index (χ1) is 9.69. The van der Waals surface area contributed by atoms with Crippen molar-refractivity contribution in [3.63, 3.8) is 0 Å². The van der Waals surface area contributed by atoms with Crippen LogP contribution in [0.4, 0.5) is 4.39 Å². The van der Waals surface area contributed by atoms with Gasteiger partial charge in [0.05, 0.1) is 12.6 Å². The molecule has 20 heavy (non-hydrogen) atoms. The Morgan fingerprint density at radius 1 is 1.20 bits per heavy atom. The number of hydrogen-bond acceptors (Lipinski definition) is 2. The molecule has 0 fully saturated rings. The molecule has 0 saturated carbocycles. The van der Waals surface area contributed by atoms with E-state index >= 15 is 0 Å². The van der Waals surface area contributed by atoms with Crippen LogP contribution in [-0.2, 0) is 6.54 Å². The fourth-order valence-corrected chi connectivity index (χ4v) is 3.09. The summed E-state index contributed by atoms with van der Waals surface area (Å²) in [6.07, 6.45) is 0.469. The molecule has 1 aromatic heterocycles. The fraction of sp³-hybridized carbons (Fsp3) is 0.188. The van der Waals surface area contributed by atoms with Crippen molar-refractivity contribution >= 4 is 27.6 Å². The Morgan fingerprint density at radius 2 is 2.05 bits per heavy atom. The highest BCUT2D eigenvalue weighted by atomic mass is 19.1. The summed E-state index contributed by atoms with van der Waals surface area (Å²) in [4.78, 5) is 12.1. The molecular weight excluding hydrogens is 257 g/mol. The maximum absolute atomic E-state index is 13.5. The SMILES string of the molecule is COc1cc2c3c(c1)c1cc(F)ccc1n3CCC2=O. The summed E-state index contributed by atoms with van der Waals surface area (Å²) in [6, 6.07) is 8.40. The van der Waals surface area contributed by atoms with Crippen LogP contribution in [0.15, 0.2) is 30.3 Å². The van der Waals surface area contributed by atoms with E-state index in [4.69, 9.17) is 4.74 Å². The van der Waals surface area contributed by atoms with Crippen LogP contribution in [0.1, 0.15) is 16.8 Å². The molecule has 0 aliphatic carbocycles. The summed E-state index contributed by atoms with van der Waals surface area (Å²) in [6.45, 7) is 0.643. The topological polar surface area (TPSA) is 31.2 Å².